The first-order valence-corrected chi connectivity index (χ1v) is 7.60. The Hall–Kier alpha value is -1.82. The van der Waals surface area contributed by atoms with E-state index in [0.29, 0.717) is 0 Å². The van der Waals surface area contributed by atoms with Crippen LogP contribution >= 0.6 is 0 Å². The Morgan fingerprint density at radius 3 is 2.52 bits per heavy atom. The molecule has 114 valence electrons. The average molecular weight is 288 g/mol. The Kier molecular flexibility index (Phi) is 3.71. The molecule has 1 N–H and O–H groups in total. The minimum Gasteiger partial charge on any atom is -0.353 e. The molecule has 3 rings (SSSR count). The van der Waals surface area contributed by atoms with Gasteiger partial charge in [0.2, 0.25) is 5.95 Å². The molecule has 0 bridgehead atoms. The van der Waals surface area contributed by atoms with E-state index in [0.717, 1.165) is 61.2 Å². The number of aromatic nitrogens is 3. The molecule has 1 aliphatic rings. The van der Waals surface area contributed by atoms with Crippen LogP contribution in [0.1, 0.15) is 12.6 Å². The molecule has 3 heterocycles. The van der Waals surface area contributed by atoms with Crippen molar-refractivity contribution in [1.82, 2.24) is 19.9 Å². The van der Waals surface area contributed by atoms with Crippen molar-refractivity contribution >= 4 is 22.8 Å². The van der Waals surface area contributed by atoms with Crippen molar-refractivity contribution in [3.8, 4) is 0 Å². The van der Waals surface area contributed by atoms with Gasteiger partial charge in [-0.25, -0.2) is 0 Å². The molecule has 1 fully saturated rings. The smallest absolute Gasteiger partial charge is 0.228 e. The number of aromatic amines is 1. The van der Waals surface area contributed by atoms with Crippen LogP contribution in [0.25, 0.3) is 11.0 Å². The van der Waals surface area contributed by atoms with Gasteiger partial charge >= 0.3 is 0 Å². The molecule has 0 amide bonds. The summed E-state index contributed by atoms with van der Waals surface area (Å²) < 4.78 is 0. The monoisotopic (exact) mass is 288 g/mol. The zero-order valence-electron chi connectivity index (χ0n) is 13.3. The Morgan fingerprint density at radius 1 is 1.19 bits per heavy atom. The summed E-state index contributed by atoms with van der Waals surface area (Å²) in [5, 5.41) is 1.13. The first-order chi connectivity index (χ1) is 10.1. The number of hydrogen-bond donors (Lipinski definition) is 1. The maximum Gasteiger partial charge on any atom is 0.228 e. The van der Waals surface area contributed by atoms with Gasteiger partial charge in [0.1, 0.15) is 11.5 Å². The van der Waals surface area contributed by atoms with Gasteiger partial charge in [-0.2, -0.15) is 9.97 Å². The summed E-state index contributed by atoms with van der Waals surface area (Å²) >= 11 is 0. The third kappa shape index (κ3) is 2.68. The maximum absolute atomic E-state index is 4.79. The summed E-state index contributed by atoms with van der Waals surface area (Å²) in [4.78, 5) is 19.6. The highest BCUT2D eigenvalue weighted by molar-refractivity contribution is 5.89. The molecule has 21 heavy (non-hydrogen) atoms. The van der Waals surface area contributed by atoms with Crippen LogP contribution in [0.2, 0.25) is 0 Å². The number of piperazine rings is 1. The fourth-order valence-corrected chi connectivity index (χ4v) is 2.83. The molecule has 0 spiro atoms. The van der Waals surface area contributed by atoms with Crippen LogP contribution in [0.15, 0.2) is 6.07 Å². The molecule has 6 heteroatoms. The van der Waals surface area contributed by atoms with Crippen LogP contribution < -0.4 is 9.80 Å². The van der Waals surface area contributed by atoms with Gasteiger partial charge in [0.15, 0.2) is 0 Å². The molecule has 1 saturated heterocycles. The zero-order chi connectivity index (χ0) is 15.0. The first kappa shape index (κ1) is 14.1. The normalized spacial score (nSPS) is 16.7. The summed E-state index contributed by atoms with van der Waals surface area (Å²) in [5.74, 6) is 1.82. The van der Waals surface area contributed by atoms with E-state index in [-0.39, 0.29) is 0 Å². The van der Waals surface area contributed by atoms with Crippen molar-refractivity contribution < 1.29 is 0 Å². The van der Waals surface area contributed by atoms with Gasteiger partial charge in [0.25, 0.3) is 0 Å². The lowest BCUT2D eigenvalue weighted by Crippen LogP contribution is -2.46. The van der Waals surface area contributed by atoms with Gasteiger partial charge in [-0.3, -0.25) is 0 Å². The largest absolute Gasteiger partial charge is 0.353 e. The lowest BCUT2D eigenvalue weighted by molar-refractivity contribution is 0.271. The second-order valence-corrected chi connectivity index (χ2v) is 5.88. The van der Waals surface area contributed by atoms with Crippen molar-refractivity contribution in [2.24, 2.45) is 0 Å². The highest BCUT2D eigenvalue weighted by Crippen LogP contribution is 2.27. The van der Waals surface area contributed by atoms with Crippen molar-refractivity contribution in [3.63, 3.8) is 0 Å². The van der Waals surface area contributed by atoms with E-state index >= 15 is 0 Å². The van der Waals surface area contributed by atoms with E-state index in [9.17, 15) is 0 Å². The minimum atomic E-state index is 0.761. The molecule has 0 unspecified atom stereocenters. The molecule has 6 nitrogen and oxygen atoms in total. The minimum absolute atomic E-state index is 0.761. The highest BCUT2D eigenvalue weighted by atomic mass is 15.3. The number of rotatable bonds is 3. The van der Waals surface area contributed by atoms with Gasteiger partial charge in [-0.05, 0) is 19.5 Å². The molecule has 1 aliphatic heterocycles. The van der Waals surface area contributed by atoms with Gasteiger partial charge in [0.05, 0.1) is 5.39 Å². The summed E-state index contributed by atoms with van der Waals surface area (Å²) in [5.41, 5.74) is 2.06. The molecule has 0 aromatic carbocycles. The lowest BCUT2D eigenvalue weighted by Gasteiger charge is -2.35. The summed E-state index contributed by atoms with van der Waals surface area (Å²) in [6.07, 6.45) is 0. The fraction of sp³-hybridized carbons (Fsp3) is 0.600. The van der Waals surface area contributed by atoms with Gasteiger partial charge in [-0.1, -0.05) is 6.92 Å². The van der Waals surface area contributed by atoms with Crippen LogP contribution in [-0.2, 0) is 0 Å². The molecule has 2 aromatic rings. The van der Waals surface area contributed by atoms with E-state index in [2.05, 4.69) is 39.7 Å². The topological polar surface area (TPSA) is 51.3 Å². The number of anilines is 2. The molecule has 0 aliphatic carbocycles. The van der Waals surface area contributed by atoms with E-state index in [4.69, 9.17) is 4.98 Å². The summed E-state index contributed by atoms with van der Waals surface area (Å²) in [6.45, 7) is 9.66. The average Bonchev–Trinajstić information content (AvgIpc) is 2.86. The van der Waals surface area contributed by atoms with Crippen LogP contribution in [0.3, 0.4) is 0 Å². The molecular formula is C15H24N6. The number of H-pyrrole nitrogens is 1. The number of likely N-dealkylation sites (N-methyl/N-ethyl adjacent to an activating group) is 1. The Labute approximate surface area is 125 Å². The third-order valence-corrected chi connectivity index (χ3v) is 4.11. The lowest BCUT2D eigenvalue weighted by atomic mass is 10.2. The summed E-state index contributed by atoms with van der Waals surface area (Å²) in [6, 6.07) is 2.15. The Bertz CT molecular complexity index is 624. The van der Waals surface area contributed by atoms with Crippen molar-refractivity contribution in [2.75, 3.05) is 56.6 Å². The number of fused-ring (bicyclic) bond motifs is 1. The third-order valence-electron chi connectivity index (χ3n) is 4.11. The van der Waals surface area contributed by atoms with Gasteiger partial charge < -0.3 is 19.7 Å². The van der Waals surface area contributed by atoms with Crippen LogP contribution in [0.5, 0.6) is 0 Å². The Balaban J connectivity index is 2.00. The van der Waals surface area contributed by atoms with E-state index < -0.39 is 0 Å². The van der Waals surface area contributed by atoms with Crippen molar-refractivity contribution in [2.45, 2.75) is 13.8 Å². The van der Waals surface area contributed by atoms with Crippen LogP contribution in [-0.4, -0.2) is 66.7 Å². The van der Waals surface area contributed by atoms with E-state index in [1.807, 2.05) is 19.0 Å². The second kappa shape index (κ2) is 5.52. The summed E-state index contributed by atoms with van der Waals surface area (Å²) in [7, 11) is 3.96. The van der Waals surface area contributed by atoms with E-state index in [1.165, 1.54) is 0 Å². The second-order valence-electron chi connectivity index (χ2n) is 5.88. The maximum atomic E-state index is 4.79. The molecular weight excluding hydrogens is 264 g/mol. The van der Waals surface area contributed by atoms with E-state index in [1.54, 1.807) is 0 Å². The molecule has 0 saturated carbocycles. The SMILES string of the molecule is CCN1CCN(c2nc(N(C)C)nc3[nH]c(C)cc23)CC1. The quantitative estimate of drug-likeness (QED) is 0.927. The van der Waals surface area contributed by atoms with Crippen molar-refractivity contribution in [1.29, 1.82) is 0 Å². The molecule has 0 atom stereocenters. The molecule has 2 aromatic heterocycles. The molecule has 0 radical (unpaired) electrons. The van der Waals surface area contributed by atoms with Gasteiger partial charge in [0, 0.05) is 46.0 Å². The number of nitrogens with zero attached hydrogens (tertiary/aromatic N) is 5. The predicted molar refractivity (Wildman–Crippen MR) is 87.3 cm³/mol. The predicted octanol–water partition coefficient (Wildman–Crippen LogP) is 1.47. The fourth-order valence-electron chi connectivity index (χ4n) is 2.83. The first-order valence-electron chi connectivity index (χ1n) is 7.60. The van der Waals surface area contributed by atoms with Crippen LogP contribution in [0, 0.1) is 6.92 Å². The zero-order valence-corrected chi connectivity index (χ0v) is 13.3. The van der Waals surface area contributed by atoms with Crippen molar-refractivity contribution in [3.05, 3.63) is 11.8 Å². The number of aryl methyl sites for hydroxylation is 1. The van der Waals surface area contributed by atoms with Gasteiger partial charge in [-0.15, -0.1) is 0 Å². The number of nitrogens with one attached hydrogen (secondary N) is 1. The number of hydrogen-bond acceptors (Lipinski definition) is 5. The standard InChI is InChI=1S/C15H24N6/c1-5-20-6-8-21(9-7-20)14-12-10-11(2)16-13(12)17-15(18-14)19(3)4/h10H,5-9H2,1-4H3,(H,16,17,18). The highest BCUT2D eigenvalue weighted by Gasteiger charge is 2.21. The Morgan fingerprint density at radius 2 is 1.90 bits per heavy atom. The van der Waals surface area contributed by atoms with Crippen LogP contribution in [0.4, 0.5) is 11.8 Å².